The molecule has 2 rings (SSSR count). The van der Waals surface area contributed by atoms with Crippen LogP contribution >= 0.6 is 0 Å². The highest BCUT2D eigenvalue weighted by Gasteiger charge is 2.22. The van der Waals surface area contributed by atoms with Crippen LogP contribution < -0.4 is 15.2 Å². The Morgan fingerprint density at radius 3 is 2.32 bits per heavy atom. The first-order valence-electron chi connectivity index (χ1n) is 7.08. The van der Waals surface area contributed by atoms with Crippen LogP contribution in [0, 0.1) is 10.1 Å². The van der Waals surface area contributed by atoms with E-state index in [4.69, 9.17) is 15.2 Å². The topological polar surface area (TPSA) is 125 Å². The standard InChI is InChI=1S/C17H16N2O6/c1-24-15-9-10(8-14(19(22)23)16(15)25-2)7-13(17(20)21)11-3-5-12(18)6-4-11/h3-9H,18H2,1-2H3,(H,20,21)/b13-7-. The number of carbonyl (C=O) groups is 1. The molecule has 0 atom stereocenters. The molecule has 0 saturated heterocycles. The smallest absolute Gasteiger partial charge is 0.336 e. The van der Waals surface area contributed by atoms with Gasteiger partial charge in [0.15, 0.2) is 5.75 Å². The second-order valence-corrected chi connectivity index (χ2v) is 5.02. The molecule has 3 N–H and O–H groups in total. The van der Waals surface area contributed by atoms with Crippen molar-refractivity contribution >= 4 is 29.0 Å². The van der Waals surface area contributed by atoms with Gasteiger partial charge in [-0.05, 0) is 35.4 Å². The highest BCUT2D eigenvalue weighted by Crippen LogP contribution is 2.38. The number of hydrogen-bond acceptors (Lipinski definition) is 6. The Morgan fingerprint density at radius 2 is 1.84 bits per heavy atom. The minimum absolute atomic E-state index is 0.0333. The number of carboxylic acid groups (broad SMARTS) is 1. The van der Waals surface area contributed by atoms with Crippen LogP contribution in [-0.2, 0) is 4.79 Å². The molecule has 0 saturated carbocycles. The maximum absolute atomic E-state index is 11.6. The normalized spacial score (nSPS) is 11.0. The summed E-state index contributed by atoms with van der Waals surface area (Å²) < 4.78 is 10.1. The van der Waals surface area contributed by atoms with E-state index in [1.165, 1.54) is 32.4 Å². The van der Waals surface area contributed by atoms with Crippen molar-refractivity contribution in [3.8, 4) is 11.5 Å². The zero-order valence-corrected chi connectivity index (χ0v) is 13.6. The van der Waals surface area contributed by atoms with E-state index in [2.05, 4.69) is 0 Å². The van der Waals surface area contributed by atoms with Gasteiger partial charge in [-0.3, -0.25) is 10.1 Å². The molecule has 8 nitrogen and oxygen atoms in total. The molecule has 0 amide bonds. The van der Waals surface area contributed by atoms with Crippen molar-refractivity contribution in [2.24, 2.45) is 0 Å². The molecular weight excluding hydrogens is 328 g/mol. The lowest BCUT2D eigenvalue weighted by Crippen LogP contribution is -2.01. The molecule has 2 aromatic rings. The summed E-state index contributed by atoms with van der Waals surface area (Å²) in [7, 11) is 2.63. The molecule has 0 heterocycles. The lowest BCUT2D eigenvalue weighted by Gasteiger charge is -2.10. The number of aliphatic carboxylic acids is 1. The van der Waals surface area contributed by atoms with E-state index >= 15 is 0 Å². The van der Waals surface area contributed by atoms with Gasteiger partial charge in [0.25, 0.3) is 0 Å². The van der Waals surface area contributed by atoms with Crippen LogP contribution in [0.4, 0.5) is 11.4 Å². The second kappa shape index (κ2) is 7.35. The molecule has 0 spiro atoms. The fraction of sp³-hybridized carbons (Fsp3) is 0.118. The van der Waals surface area contributed by atoms with Crippen LogP contribution in [0.3, 0.4) is 0 Å². The first kappa shape index (κ1) is 17.8. The fourth-order valence-corrected chi connectivity index (χ4v) is 2.28. The number of nitrogens with zero attached hydrogens (tertiary/aromatic N) is 1. The number of nitrogen functional groups attached to an aromatic ring is 1. The highest BCUT2D eigenvalue weighted by molar-refractivity contribution is 6.20. The van der Waals surface area contributed by atoms with Crippen molar-refractivity contribution in [2.75, 3.05) is 20.0 Å². The predicted molar refractivity (Wildman–Crippen MR) is 92.6 cm³/mol. The quantitative estimate of drug-likeness (QED) is 0.271. The van der Waals surface area contributed by atoms with Gasteiger partial charge in [0.05, 0.1) is 24.7 Å². The summed E-state index contributed by atoms with van der Waals surface area (Å²) >= 11 is 0. The van der Waals surface area contributed by atoms with E-state index in [0.29, 0.717) is 16.8 Å². The summed E-state index contributed by atoms with van der Waals surface area (Å²) in [6.07, 6.45) is 1.32. The minimum atomic E-state index is -1.18. The van der Waals surface area contributed by atoms with E-state index in [1.807, 2.05) is 0 Å². The van der Waals surface area contributed by atoms with Gasteiger partial charge in [-0.25, -0.2) is 4.79 Å². The molecule has 2 aromatic carbocycles. The van der Waals surface area contributed by atoms with Crippen LogP contribution in [0.15, 0.2) is 36.4 Å². The van der Waals surface area contributed by atoms with Gasteiger partial charge in [-0.2, -0.15) is 0 Å². The van der Waals surface area contributed by atoms with E-state index in [0.717, 1.165) is 0 Å². The van der Waals surface area contributed by atoms with Crippen molar-refractivity contribution in [3.63, 3.8) is 0 Å². The van der Waals surface area contributed by atoms with Gasteiger partial charge in [-0.15, -0.1) is 0 Å². The summed E-state index contributed by atoms with van der Waals surface area (Å²) in [5.74, 6) is -1.08. The van der Waals surface area contributed by atoms with Crippen molar-refractivity contribution in [1.82, 2.24) is 0 Å². The zero-order valence-electron chi connectivity index (χ0n) is 13.6. The third-order valence-electron chi connectivity index (χ3n) is 3.44. The first-order chi connectivity index (χ1) is 11.9. The number of nitrogens with two attached hydrogens (primary N) is 1. The predicted octanol–water partition coefficient (Wildman–Crippen LogP) is 2.82. The average Bonchev–Trinajstić information content (AvgIpc) is 2.59. The van der Waals surface area contributed by atoms with Crippen molar-refractivity contribution < 1.29 is 24.3 Å². The Morgan fingerprint density at radius 1 is 1.20 bits per heavy atom. The monoisotopic (exact) mass is 344 g/mol. The molecule has 0 aliphatic rings. The summed E-state index contributed by atoms with van der Waals surface area (Å²) in [6, 6.07) is 8.95. The maximum atomic E-state index is 11.6. The number of benzene rings is 2. The zero-order chi connectivity index (χ0) is 18.6. The van der Waals surface area contributed by atoms with Gasteiger partial charge in [0, 0.05) is 11.8 Å². The summed E-state index contributed by atoms with van der Waals surface area (Å²) in [6.45, 7) is 0. The van der Waals surface area contributed by atoms with E-state index < -0.39 is 10.9 Å². The number of carboxylic acids is 1. The van der Waals surface area contributed by atoms with Gasteiger partial charge in [0.1, 0.15) is 0 Å². The number of hydrogen-bond donors (Lipinski definition) is 2. The molecule has 0 bridgehead atoms. The van der Waals surface area contributed by atoms with E-state index in [1.54, 1.807) is 24.3 Å². The third-order valence-corrected chi connectivity index (χ3v) is 3.44. The Bertz CT molecular complexity index is 843. The van der Waals surface area contributed by atoms with Crippen molar-refractivity contribution in [3.05, 3.63) is 57.6 Å². The van der Waals surface area contributed by atoms with Gasteiger partial charge in [-0.1, -0.05) is 12.1 Å². The summed E-state index contributed by atoms with van der Waals surface area (Å²) in [4.78, 5) is 22.2. The highest BCUT2D eigenvalue weighted by atomic mass is 16.6. The molecule has 8 heteroatoms. The van der Waals surface area contributed by atoms with E-state index in [9.17, 15) is 20.0 Å². The van der Waals surface area contributed by atoms with Gasteiger partial charge < -0.3 is 20.3 Å². The SMILES string of the molecule is COc1cc(/C=C(\C(=O)O)c2ccc(N)cc2)cc([N+](=O)[O-])c1OC. The Hall–Kier alpha value is -3.55. The number of anilines is 1. The van der Waals surface area contributed by atoms with Crippen LogP contribution in [0.1, 0.15) is 11.1 Å². The van der Waals surface area contributed by atoms with Crippen LogP contribution in [0.2, 0.25) is 0 Å². The number of nitro groups is 1. The molecule has 0 radical (unpaired) electrons. The second-order valence-electron chi connectivity index (χ2n) is 5.02. The molecular formula is C17H16N2O6. The van der Waals surface area contributed by atoms with Crippen LogP contribution in [0.25, 0.3) is 11.6 Å². The molecule has 0 aliphatic carbocycles. The Kier molecular flexibility index (Phi) is 5.23. The number of nitro benzene ring substituents is 1. The van der Waals surface area contributed by atoms with E-state index in [-0.39, 0.29) is 22.8 Å². The Balaban J connectivity index is 2.63. The Labute approximate surface area is 143 Å². The molecule has 0 aliphatic heterocycles. The van der Waals surface area contributed by atoms with Crippen LogP contribution in [-0.4, -0.2) is 30.2 Å². The largest absolute Gasteiger partial charge is 0.493 e. The third kappa shape index (κ3) is 3.86. The van der Waals surface area contributed by atoms with Crippen molar-refractivity contribution in [2.45, 2.75) is 0 Å². The molecule has 0 aromatic heterocycles. The summed E-state index contributed by atoms with van der Waals surface area (Å²) in [5, 5.41) is 20.7. The molecule has 0 unspecified atom stereocenters. The number of rotatable bonds is 6. The van der Waals surface area contributed by atoms with Gasteiger partial charge >= 0.3 is 11.7 Å². The average molecular weight is 344 g/mol. The van der Waals surface area contributed by atoms with Crippen LogP contribution in [0.5, 0.6) is 11.5 Å². The number of methoxy groups -OCH3 is 2. The lowest BCUT2D eigenvalue weighted by atomic mass is 10.0. The molecule has 130 valence electrons. The molecule has 25 heavy (non-hydrogen) atoms. The number of ether oxygens (including phenoxy) is 2. The fourth-order valence-electron chi connectivity index (χ4n) is 2.28. The maximum Gasteiger partial charge on any atom is 0.336 e. The minimum Gasteiger partial charge on any atom is -0.493 e. The molecule has 0 fully saturated rings. The first-order valence-corrected chi connectivity index (χ1v) is 7.08. The summed E-state index contributed by atoms with van der Waals surface area (Å²) in [5.41, 5.74) is 6.44. The lowest BCUT2D eigenvalue weighted by molar-refractivity contribution is -0.385. The van der Waals surface area contributed by atoms with Crippen molar-refractivity contribution in [1.29, 1.82) is 0 Å². The van der Waals surface area contributed by atoms with Gasteiger partial charge in [0.2, 0.25) is 5.75 Å².